The smallest absolute Gasteiger partial charge is 0.303 e. The van der Waals surface area contributed by atoms with Gasteiger partial charge in [0.25, 0.3) is 0 Å². The van der Waals surface area contributed by atoms with Crippen molar-refractivity contribution in [3.63, 3.8) is 0 Å². The second-order valence-electron chi connectivity index (χ2n) is 4.74. The van der Waals surface area contributed by atoms with Crippen LogP contribution in [0.4, 0.5) is 5.69 Å². The van der Waals surface area contributed by atoms with Gasteiger partial charge in [0.1, 0.15) is 17.2 Å². The fraction of sp³-hybridized carbons (Fsp3) is 0.176. The molecule has 0 fully saturated rings. The van der Waals surface area contributed by atoms with Crippen LogP contribution in [0.15, 0.2) is 48.5 Å². The van der Waals surface area contributed by atoms with Crippen molar-refractivity contribution in [2.24, 2.45) is 0 Å². The first kappa shape index (κ1) is 16.4. The highest BCUT2D eigenvalue weighted by Crippen LogP contribution is 2.25. The molecular formula is C17H17NO5. The number of hydrogen-bond acceptors (Lipinski definition) is 4. The molecule has 0 atom stereocenters. The van der Waals surface area contributed by atoms with Gasteiger partial charge in [-0.1, -0.05) is 0 Å². The number of methoxy groups -OCH3 is 1. The summed E-state index contributed by atoms with van der Waals surface area (Å²) in [5.74, 6) is 0.708. The number of anilines is 1. The number of benzene rings is 2. The predicted octanol–water partition coefficient (Wildman–Crippen LogP) is 3.29. The Labute approximate surface area is 133 Å². The van der Waals surface area contributed by atoms with Crippen molar-refractivity contribution in [2.45, 2.75) is 12.8 Å². The fourth-order valence-corrected chi connectivity index (χ4v) is 1.83. The number of carbonyl (C=O) groups is 2. The average molecular weight is 315 g/mol. The quantitative estimate of drug-likeness (QED) is 0.819. The summed E-state index contributed by atoms with van der Waals surface area (Å²) in [6, 6.07) is 14.0. The van der Waals surface area contributed by atoms with Gasteiger partial charge in [-0.15, -0.1) is 0 Å². The highest BCUT2D eigenvalue weighted by molar-refractivity contribution is 5.92. The number of nitrogens with one attached hydrogen (secondary N) is 1. The number of carboxylic acids is 1. The Bertz CT molecular complexity index is 664. The van der Waals surface area contributed by atoms with E-state index in [0.29, 0.717) is 17.2 Å². The highest BCUT2D eigenvalue weighted by Gasteiger charge is 2.06. The average Bonchev–Trinajstić information content (AvgIpc) is 2.55. The number of ether oxygens (including phenoxy) is 2. The van der Waals surface area contributed by atoms with E-state index < -0.39 is 5.97 Å². The molecule has 0 aliphatic heterocycles. The van der Waals surface area contributed by atoms with Gasteiger partial charge in [-0.2, -0.15) is 0 Å². The van der Waals surface area contributed by atoms with Crippen molar-refractivity contribution in [1.82, 2.24) is 0 Å². The van der Waals surface area contributed by atoms with Crippen molar-refractivity contribution in [1.29, 1.82) is 0 Å². The number of rotatable bonds is 7. The summed E-state index contributed by atoms with van der Waals surface area (Å²) in [6.07, 6.45) is -0.246. The molecule has 120 valence electrons. The molecule has 0 spiro atoms. The van der Waals surface area contributed by atoms with Gasteiger partial charge >= 0.3 is 5.97 Å². The Morgan fingerprint density at radius 1 is 0.913 bits per heavy atom. The summed E-state index contributed by atoms with van der Waals surface area (Å²) in [7, 11) is 1.60. The number of carbonyl (C=O) groups excluding carboxylic acids is 1. The summed E-state index contributed by atoms with van der Waals surface area (Å²) in [5, 5.41) is 11.2. The van der Waals surface area contributed by atoms with Crippen LogP contribution in [-0.4, -0.2) is 24.1 Å². The third-order valence-corrected chi connectivity index (χ3v) is 3.00. The van der Waals surface area contributed by atoms with Crippen LogP contribution in [0.3, 0.4) is 0 Å². The van der Waals surface area contributed by atoms with Crippen LogP contribution in [0.2, 0.25) is 0 Å². The molecule has 0 aliphatic rings. The van der Waals surface area contributed by atoms with E-state index in [1.165, 1.54) is 0 Å². The molecule has 0 aliphatic carbocycles. The summed E-state index contributed by atoms with van der Waals surface area (Å²) >= 11 is 0. The van der Waals surface area contributed by atoms with E-state index in [0.717, 1.165) is 5.75 Å². The van der Waals surface area contributed by atoms with E-state index in [1.54, 1.807) is 55.6 Å². The van der Waals surface area contributed by atoms with E-state index in [4.69, 9.17) is 14.6 Å². The van der Waals surface area contributed by atoms with Gasteiger partial charge < -0.3 is 19.9 Å². The minimum atomic E-state index is -0.997. The normalized spacial score (nSPS) is 9.96. The summed E-state index contributed by atoms with van der Waals surface area (Å²) in [5.41, 5.74) is 0.586. The number of amides is 1. The van der Waals surface area contributed by atoms with Crippen molar-refractivity contribution >= 4 is 17.6 Å². The van der Waals surface area contributed by atoms with E-state index in [2.05, 4.69) is 5.32 Å². The molecule has 0 saturated carbocycles. The van der Waals surface area contributed by atoms with Gasteiger partial charge in [0, 0.05) is 12.1 Å². The Kier molecular flexibility index (Phi) is 5.57. The molecule has 2 rings (SSSR count). The maximum Gasteiger partial charge on any atom is 0.303 e. The number of carboxylic acid groups (broad SMARTS) is 1. The highest BCUT2D eigenvalue weighted by atomic mass is 16.5. The first-order chi connectivity index (χ1) is 11.1. The first-order valence-corrected chi connectivity index (χ1v) is 7.00. The Morgan fingerprint density at radius 3 is 1.96 bits per heavy atom. The van der Waals surface area contributed by atoms with Crippen LogP contribution in [0, 0.1) is 0 Å². The molecule has 6 nitrogen and oxygen atoms in total. The molecule has 0 aromatic heterocycles. The fourth-order valence-electron chi connectivity index (χ4n) is 1.83. The van der Waals surface area contributed by atoms with Gasteiger partial charge in [0.05, 0.1) is 13.5 Å². The second-order valence-corrected chi connectivity index (χ2v) is 4.74. The molecule has 2 aromatic carbocycles. The van der Waals surface area contributed by atoms with Crippen LogP contribution in [0.5, 0.6) is 17.2 Å². The zero-order chi connectivity index (χ0) is 16.7. The molecule has 1 amide bonds. The molecule has 23 heavy (non-hydrogen) atoms. The standard InChI is InChI=1S/C17H17NO5/c1-22-13-6-8-15(9-7-13)23-14-4-2-12(3-5-14)18-16(19)10-11-17(20)21/h2-9H,10-11H2,1H3,(H,18,19)(H,20,21). The molecule has 2 aromatic rings. The lowest BCUT2D eigenvalue weighted by atomic mass is 10.2. The molecule has 2 N–H and O–H groups in total. The third kappa shape index (κ3) is 5.35. The Hall–Kier alpha value is -3.02. The third-order valence-electron chi connectivity index (χ3n) is 3.00. The lowest BCUT2D eigenvalue weighted by molar-refractivity contribution is -0.138. The zero-order valence-electron chi connectivity index (χ0n) is 12.6. The first-order valence-electron chi connectivity index (χ1n) is 7.00. The summed E-state index contributed by atoms with van der Waals surface area (Å²) < 4.78 is 10.7. The van der Waals surface area contributed by atoms with Crippen LogP contribution in [-0.2, 0) is 9.59 Å². The molecule has 0 bridgehead atoms. The summed E-state index contributed by atoms with van der Waals surface area (Å²) in [6.45, 7) is 0. The van der Waals surface area contributed by atoms with Gasteiger partial charge in [-0.25, -0.2) is 0 Å². The lowest BCUT2D eigenvalue weighted by Gasteiger charge is -2.08. The summed E-state index contributed by atoms with van der Waals surface area (Å²) in [4.78, 5) is 21.9. The van der Waals surface area contributed by atoms with Crippen LogP contribution >= 0.6 is 0 Å². The second kappa shape index (κ2) is 7.84. The zero-order valence-corrected chi connectivity index (χ0v) is 12.6. The monoisotopic (exact) mass is 315 g/mol. The maximum atomic E-state index is 11.5. The Balaban J connectivity index is 1.90. The molecule has 0 heterocycles. The Morgan fingerprint density at radius 2 is 1.43 bits per heavy atom. The molecule has 6 heteroatoms. The lowest BCUT2D eigenvalue weighted by Crippen LogP contribution is -2.12. The molecule has 0 saturated heterocycles. The largest absolute Gasteiger partial charge is 0.497 e. The van der Waals surface area contributed by atoms with Gasteiger partial charge in [-0.05, 0) is 48.5 Å². The van der Waals surface area contributed by atoms with Crippen LogP contribution < -0.4 is 14.8 Å². The number of aliphatic carboxylic acids is 1. The van der Waals surface area contributed by atoms with E-state index in [1.807, 2.05) is 0 Å². The van der Waals surface area contributed by atoms with E-state index in [9.17, 15) is 9.59 Å². The topological polar surface area (TPSA) is 84.9 Å². The van der Waals surface area contributed by atoms with Gasteiger partial charge in [-0.3, -0.25) is 9.59 Å². The van der Waals surface area contributed by atoms with Gasteiger partial charge in [0.15, 0.2) is 0 Å². The van der Waals surface area contributed by atoms with E-state index >= 15 is 0 Å². The van der Waals surface area contributed by atoms with E-state index in [-0.39, 0.29) is 18.7 Å². The maximum absolute atomic E-state index is 11.5. The minimum absolute atomic E-state index is 0.0561. The van der Waals surface area contributed by atoms with Crippen LogP contribution in [0.25, 0.3) is 0 Å². The predicted molar refractivity (Wildman–Crippen MR) is 85.0 cm³/mol. The van der Waals surface area contributed by atoms with Crippen LogP contribution in [0.1, 0.15) is 12.8 Å². The van der Waals surface area contributed by atoms with Gasteiger partial charge in [0.2, 0.25) is 5.91 Å². The minimum Gasteiger partial charge on any atom is -0.497 e. The van der Waals surface area contributed by atoms with Crippen molar-refractivity contribution in [2.75, 3.05) is 12.4 Å². The molecule has 0 radical (unpaired) electrons. The van der Waals surface area contributed by atoms with Crippen molar-refractivity contribution < 1.29 is 24.2 Å². The van der Waals surface area contributed by atoms with Crippen molar-refractivity contribution in [3.8, 4) is 17.2 Å². The SMILES string of the molecule is COc1ccc(Oc2ccc(NC(=O)CCC(=O)O)cc2)cc1. The van der Waals surface area contributed by atoms with Crippen molar-refractivity contribution in [3.05, 3.63) is 48.5 Å². The molecular weight excluding hydrogens is 298 g/mol. The number of hydrogen-bond donors (Lipinski definition) is 2. The molecule has 0 unspecified atom stereocenters.